The van der Waals surface area contributed by atoms with Crippen molar-refractivity contribution in [1.29, 1.82) is 0 Å². The molecule has 176 valence electrons. The van der Waals surface area contributed by atoms with Gasteiger partial charge in [-0.15, -0.1) is 10.2 Å². The molecule has 0 unspecified atom stereocenters. The van der Waals surface area contributed by atoms with Crippen molar-refractivity contribution in [2.75, 3.05) is 6.61 Å². The highest BCUT2D eigenvalue weighted by Gasteiger charge is 2.32. The van der Waals surface area contributed by atoms with Gasteiger partial charge in [0.05, 0.1) is 17.7 Å². The van der Waals surface area contributed by atoms with Crippen molar-refractivity contribution in [1.82, 2.24) is 20.5 Å². The van der Waals surface area contributed by atoms with Gasteiger partial charge in [0.2, 0.25) is 0 Å². The Hall–Kier alpha value is -3.50. The van der Waals surface area contributed by atoms with E-state index in [4.69, 9.17) is 4.74 Å². The number of amides is 1. The van der Waals surface area contributed by atoms with Gasteiger partial charge in [-0.25, -0.2) is 8.78 Å². The number of hydrogen-bond donors (Lipinski definition) is 2. The molecule has 0 aliphatic heterocycles. The first-order valence-corrected chi connectivity index (χ1v) is 11.2. The zero-order chi connectivity index (χ0) is 24.5. The number of carbonyl (C=O) groups is 1. The van der Waals surface area contributed by atoms with Crippen molar-refractivity contribution in [2.45, 2.75) is 32.9 Å². The van der Waals surface area contributed by atoms with Gasteiger partial charge in [0.25, 0.3) is 5.91 Å². The Labute approximate surface area is 198 Å². The van der Waals surface area contributed by atoms with E-state index in [2.05, 4.69) is 20.5 Å². The fraction of sp³-hybridized carbons (Fsp3) is 0.250. The van der Waals surface area contributed by atoms with Gasteiger partial charge in [-0.3, -0.25) is 9.78 Å². The van der Waals surface area contributed by atoms with E-state index >= 15 is 0 Å². The Morgan fingerprint density at radius 2 is 1.91 bits per heavy atom. The van der Waals surface area contributed by atoms with E-state index in [1.54, 1.807) is 32.0 Å². The van der Waals surface area contributed by atoms with Gasteiger partial charge in [-0.05, 0) is 56.7 Å². The lowest BCUT2D eigenvalue weighted by molar-refractivity contribution is 0.0850. The molecule has 7 nitrogen and oxygen atoms in total. The lowest BCUT2D eigenvalue weighted by Gasteiger charge is -2.26. The quantitative estimate of drug-likeness (QED) is 0.408. The number of halogens is 2. The minimum atomic E-state index is -1.13. The maximum atomic E-state index is 14.0. The molecule has 2 aromatic carbocycles. The van der Waals surface area contributed by atoms with Gasteiger partial charge in [0.1, 0.15) is 45.1 Å². The monoisotopic (exact) mass is 484 g/mol. The van der Waals surface area contributed by atoms with E-state index in [9.17, 15) is 18.7 Å². The molecule has 0 radical (unpaired) electrons. The second-order valence-corrected chi connectivity index (χ2v) is 9.26. The summed E-state index contributed by atoms with van der Waals surface area (Å²) in [6.07, 6.45) is 1.45. The van der Waals surface area contributed by atoms with Crippen LogP contribution < -0.4 is 10.1 Å². The maximum absolute atomic E-state index is 14.0. The average Bonchev–Trinajstić information content (AvgIpc) is 3.25. The number of nitrogens with one attached hydrogen (secondary N) is 1. The van der Waals surface area contributed by atoms with Crippen LogP contribution in [-0.4, -0.2) is 32.8 Å². The highest BCUT2D eigenvalue weighted by molar-refractivity contribution is 7.11. The molecule has 0 aliphatic carbocycles. The SMILES string of the molecule is Cc1cc(OCc2c(F)cccc2F)c2nccc(C(=O)N[C@@](C)(CO)c3nnc(C)s3)c2c1. The molecule has 4 rings (SSSR count). The van der Waals surface area contributed by atoms with Gasteiger partial charge in [0, 0.05) is 11.6 Å². The van der Waals surface area contributed by atoms with Crippen LogP contribution in [0.5, 0.6) is 5.75 Å². The molecular weight excluding hydrogens is 462 g/mol. The van der Waals surface area contributed by atoms with Crippen molar-refractivity contribution in [2.24, 2.45) is 0 Å². The summed E-state index contributed by atoms with van der Waals surface area (Å²) < 4.78 is 33.8. The standard InChI is InChI=1S/C24H22F2N4O3S/c1-13-9-16-15(22(32)28-24(3,12-31)23-30-29-14(2)34-23)7-8-27-21(16)20(10-13)33-11-17-18(25)5-4-6-19(17)26/h4-10,31H,11-12H2,1-3H3,(H,28,32)/t24-/m0/s1. The van der Waals surface area contributed by atoms with Crippen LogP contribution in [0, 0.1) is 25.5 Å². The van der Waals surface area contributed by atoms with E-state index in [-0.39, 0.29) is 24.5 Å². The molecule has 0 spiro atoms. The third kappa shape index (κ3) is 4.59. The number of ether oxygens (including phenoxy) is 1. The highest BCUT2D eigenvalue weighted by Crippen LogP contribution is 2.30. The fourth-order valence-electron chi connectivity index (χ4n) is 3.49. The van der Waals surface area contributed by atoms with Crippen LogP contribution in [0.2, 0.25) is 0 Å². The molecule has 2 heterocycles. The minimum Gasteiger partial charge on any atom is -0.486 e. The Morgan fingerprint density at radius 1 is 1.18 bits per heavy atom. The summed E-state index contributed by atoms with van der Waals surface area (Å²) in [4.78, 5) is 17.6. The number of benzene rings is 2. The largest absolute Gasteiger partial charge is 0.486 e. The van der Waals surface area contributed by atoms with Crippen molar-refractivity contribution in [3.8, 4) is 5.75 Å². The number of hydrogen-bond acceptors (Lipinski definition) is 7. The number of aryl methyl sites for hydroxylation is 2. The van der Waals surface area contributed by atoms with E-state index in [0.29, 0.717) is 26.5 Å². The zero-order valence-corrected chi connectivity index (χ0v) is 19.5. The van der Waals surface area contributed by atoms with Crippen LogP contribution in [0.25, 0.3) is 10.9 Å². The maximum Gasteiger partial charge on any atom is 0.252 e. The van der Waals surface area contributed by atoms with Crippen LogP contribution in [0.3, 0.4) is 0 Å². The van der Waals surface area contributed by atoms with Crippen LogP contribution in [0.1, 0.15) is 38.4 Å². The molecule has 4 aromatic rings. The average molecular weight is 485 g/mol. The van der Waals surface area contributed by atoms with Gasteiger partial charge < -0.3 is 15.2 Å². The number of aliphatic hydroxyl groups excluding tert-OH is 1. The molecule has 2 N–H and O–H groups in total. The van der Waals surface area contributed by atoms with Crippen LogP contribution in [0.15, 0.2) is 42.6 Å². The molecule has 0 bridgehead atoms. The topological polar surface area (TPSA) is 97.2 Å². The number of fused-ring (bicyclic) bond motifs is 1. The summed E-state index contributed by atoms with van der Waals surface area (Å²) in [7, 11) is 0. The first-order chi connectivity index (χ1) is 16.2. The first-order valence-electron chi connectivity index (χ1n) is 10.4. The Kier molecular flexibility index (Phi) is 6.54. The molecule has 0 aliphatic rings. The molecule has 1 amide bonds. The first kappa shape index (κ1) is 23.7. The fourth-order valence-corrected chi connectivity index (χ4v) is 4.27. The van der Waals surface area contributed by atoms with E-state index in [1.807, 2.05) is 6.92 Å². The lowest BCUT2D eigenvalue weighted by atomic mass is 10.0. The van der Waals surface area contributed by atoms with E-state index < -0.39 is 23.1 Å². The molecule has 34 heavy (non-hydrogen) atoms. The van der Waals surface area contributed by atoms with Crippen molar-refractivity contribution >= 4 is 28.1 Å². The smallest absolute Gasteiger partial charge is 0.252 e. The van der Waals surface area contributed by atoms with Crippen LogP contribution in [-0.2, 0) is 12.1 Å². The molecule has 0 saturated carbocycles. The Balaban J connectivity index is 1.68. The van der Waals surface area contributed by atoms with Gasteiger partial charge in [-0.2, -0.15) is 0 Å². The minimum absolute atomic E-state index is 0.197. The number of nitrogens with zero attached hydrogens (tertiary/aromatic N) is 3. The highest BCUT2D eigenvalue weighted by atomic mass is 32.1. The predicted octanol–water partition coefficient (Wildman–Crippen LogP) is 4.20. The molecular formula is C24H22F2N4O3S. The van der Waals surface area contributed by atoms with Gasteiger partial charge >= 0.3 is 0 Å². The summed E-state index contributed by atoms with van der Waals surface area (Å²) in [6, 6.07) is 8.63. The van der Waals surface area contributed by atoms with Crippen molar-refractivity contribution in [3.05, 3.63) is 80.9 Å². The summed E-state index contributed by atoms with van der Waals surface area (Å²) in [5.74, 6) is -1.58. The second kappa shape index (κ2) is 9.40. The molecule has 1 atom stereocenters. The number of rotatable bonds is 7. The predicted molar refractivity (Wildman–Crippen MR) is 124 cm³/mol. The molecule has 2 aromatic heterocycles. The van der Waals surface area contributed by atoms with E-state index in [1.165, 1.54) is 23.6 Å². The van der Waals surface area contributed by atoms with Crippen LogP contribution >= 0.6 is 11.3 Å². The van der Waals surface area contributed by atoms with Crippen molar-refractivity contribution in [3.63, 3.8) is 0 Å². The number of aliphatic hydroxyl groups is 1. The number of carbonyl (C=O) groups excluding carboxylic acids is 1. The molecule has 10 heteroatoms. The van der Waals surface area contributed by atoms with Gasteiger partial charge in [0.15, 0.2) is 0 Å². The molecule has 0 fully saturated rings. The zero-order valence-electron chi connectivity index (χ0n) is 18.7. The second-order valence-electron chi connectivity index (χ2n) is 8.08. The number of pyridine rings is 1. The third-order valence-electron chi connectivity index (χ3n) is 5.34. The lowest BCUT2D eigenvalue weighted by Crippen LogP contribution is -2.46. The summed E-state index contributed by atoms with van der Waals surface area (Å²) in [5.41, 5.74) is 0.105. The third-order valence-corrected chi connectivity index (χ3v) is 6.44. The Bertz CT molecular complexity index is 1360. The van der Waals surface area contributed by atoms with Crippen LogP contribution in [0.4, 0.5) is 8.78 Å². The van der Waals surface area contributed by atoms with E-state index in [0.717, 1.165) is 17.7 Å². The summed E-state index contributed by atoms with van der Waals surface area (Å²) in [6.45, 7) is 4.55. The number of aromatic nitrogens is 3. The van der Waals surface area contributed by atoms with Gasteiger partial charge in [-0.1, -0.05) is 17.4 Å². The summed E-state index contributed by atoms with van der Waals surface area (Å²) in [5, 5.41) is 22.6. The summed E-state index contributed by atoms with van der Waals surface area (Å²) >= 11 is 1.28. The Morgan fingerprint density at radius 3 is 2.56 bits per heavy atom. The van der Waals surface area contributed by atoms with Crippen molar-refractivity contribution < 1.29 is 23.4 Å². The normalized spacial score (nSPS) is 13.0. The molecule has 0 saturated heterocycles.